The van der Waals surface area contributed by atoms with Gasteiger partial charge in [0.1, 0.15) is 0 Å². The highest BCUT2D eigenvalue weighted by molar-refractivity contribution is 5.43. The fourth-order valence-electron chi connectivity index (χ4n) is 1.59. The molecule has 1 unspecified atom stereocenters. The maximum absolute atomic E-state index is 8.84. The van der Waals surface area contributed by atoms with E-state index in [9.17, 15) is 0 Å². The van der Waals surface area contributed by atoms with Crippen LogP contribution in [-0.4, -0.2) is 0 Å². The van der Waals surface area contributed by atoms with Crippen molar-refractivity contribution in [1.29, 1.82) is 5.26 Å². The van der Waals surface area contributed by atoms with Crippen molar-refractivity contribution in [3.63, 3.8) is 0 Å². The molecule has 0 aliphatic heterocycles. The van der Waals surface area contributed by atoms with E-state index in [-0.39, 0.29) is 5.92 Å². The number of allylic oxidation sites excluding steroid dienone is 4. The Morgan fingerprint density at radius 2 is 2.42 bits per heavy atom. The third-order valence-electron chi connectivity index (χ3n) is 2.40. The number of nitrogens with zero attached hydrogens (tertiary/aromatic N) is 1. The Balaban J connectivity index is 2.96. The van der Waals surface area contributed by atoms with Gasteiger partial charge < -0.3 is 0 Å². The SMILES string of the molecule is C=CCC1=C(C)C(=C)CC1C#N. The smallest absolute Gasteiger partial charge is 0.0721 e. The fraction of sp³-hybridized carbons (Fsp3) is 0.364. The van der Waals surface area contributed by atoms with E-state index in [1.807, 2.05) is 13.0 Å². The molecular formula is C11H13N. The molecule has 0 radical (unpaired) electrons. The second-order valence-electron chi connectivity index (χ2n) is 3.13. The van der Waals surface area contributed by atoms with Gasteiger partial charge in [0, 0.05) is 0 Å². The lowest BCUT2D eigenvalue weighted by Gasteiger charge is -2.02. The number of nitriles is 1. The maximum atomic E-state index is 8.84. The van der Waals surface area contributed by atoms with E-state index >= 15 is 0 Å². The van der Waals surface area contributed by atoms with Crippen molar-refractivity contribution in [3.8, 4) is 6.07 Å². The fourth-order valence-corrected chi connectivity index (χ4v) is 1.59. The Morgan fingerprint density at radius 3 is 2.92 bits per heavy atom. The summed E-state index contributed by atoms with van der Waals surface area (Å²) >= 11 is 0. The van der Waals surface area contributed by atoms with Gasteiger partial charge in [0.15, 0.2) is 0 Å². The van der Waals surface area contributed by atoms with E-state index in [1.54, 1.807) is 0 Å². The largest absolute Gasteiger partial charge is 0.198 e. The van der Waals surface area contributed by atoms with Crippen molar-refractivity contribution in [2.75, 3.05) is 0 Å². The average Bonchev–Trinajstić information content (AvgIpc) is 2.33. The normalized spacial score (nSPS) is 22.7. The Labute approximate surface area is 73.7 Å². The predicted octanol–water partition coefficient (Wildman–Crippen LogP) is 2.98. The maximum Gasteiger partial charge on any atom is 0.0721 e. The van der Waals surface area contributed by atoms with Gasteiger partial charge in [-0.05, 0) is 30.9 Å². The van der Waals surface area contributed by atoms with Crippen LogP contribution in [-0.2, 0) is 0 Å². The van der Waals surface area contributed by atoms with Gasteiger partial charge in [-0.15, -0.1) is 6.58 Å². The van der Waals surface area contributed by atoms with Crippen LogP contribution >= 0.6 is 0 Å². The summed E-state index contributed by atoms with van der Waals surface area (Å²) in [6, 6.07) is 2.29. The molecule has 1 nitrogen and oxygen atoms in total. The topological polar surface area (TPSA) is 23.8 Å². The zero-order chi connectivity index (χ0) is 9.14. The quantitative estimate of drug-likeness (QED) is 0.568. The first-order valence-corrected chi connectivity index (χ1v) is 4.09. The van der Waals surface area contributed by atoms with Crippen LogP contribution in [0.1, 0.15) is 19.8 Å². The summed E-state index contributed by atoms with van der Waals surface area (Å²) in [6.45, 7) is 9.64. The highest BCUT2D eigenvalue weighted by Gasteiger charge is 2.24. The molecule has 0 aromatic heterocycles. The van der Waals surface area contributed by atoms with Crippen LogP contribution in [0.3, 0.4) is 0 Å². The van der Waals surface area contributed by atoms with E-state index < -0.39 is 0 Å². The zero-order valence-electron chi connectivity index (χ0n) is 7.43. The molecule has 1 atom stereocenters. The Bertz CT molecular complexity index is 289. The summed E-state index contributed by atoms with van der Waals surface area (Å²) in [4.78, 5) is 0. The first-order valence-electron chi connectivity index (χ1n) is 4.09. The van der Waals surface area contributed by atoms with Crippen LogP contribution in [0.2, 0.25) is 0 Å². The van der Waals surface area contributed by atoms with Gasteiger partial charge in [-0.3, -0.25) is 0 Å². The lowest BCUT2D eigenvalue weighted by Crippen LogP contribution is -1.94. The standard InChI is InChI=1S/C11H13N/c1-4-5-11-9(3)8(2)6-10(11)7-12/h4,10H,1-2,5-6H2,3H3. The van der Waals surface area contributed by atoms with Crippen LogP contribution in [0.15, 0.2) is 36.0 Å². The molecule has 1 aliphatic carbocycles. The van der Waals surface area contributed by atoms with Crippen LogP contribution in [0.25, 0.3) is 0 Å². The minimum absolute atomic E-state index is 0.0514. The number of rotatable bonds is 2. The molecule has 0 fully saturated rings. The molecular weight excluding hydrogens is 146 g/mol. The Morgan fingerprint density at radius 1 is 1.75 bits per heavy atom. The zero-order valence-corrected chi connectivity index (χ0v) is 7.43. The molecule has 0 aromatic carbocycles. The summed E-state index contributed by atoms with van der Waals surface area (Å²) in [7, 11) is 0. The highest BCUT2D eigenvalue weighted by atomic mass is 14.3. The third kappa shape index (κ3) is 1.33. The monoisotopic (exact) mass is 159 g/mol. The van der Waals surface area contributed by atoms with Crippen LogP contribution in [0.4, 0.5) is 0 Å². The lowest BCUT2D eigenvalue weighted by molar-refractivity contribution is 0.795. The van der Waals surface area contributed by atoms with Crippen molar-refractivity contribution >= 4 is 0 Å². The van der Waals surface area contributed by atoms with Gasteiger partial charge in [0.25, 0.3) is 0 Å². The van der Waals surface area contributed by atoms with Crippen LogP contribution in [0, 0.1) is 17.2 Å². The number of hydrogen-bond acceptors (Lipinski definition) is 1. The van der Waals surface area contributed by atoms with E-state index in [2.05, 4.69) is 19.2 Å². The molecule has 0 saturated carbocycles. The van der Waals surface area contributed by atoms with Gasteiger partial charge in [0.05, 0.1) is 12.0 Å². The minimum atomic E-state index is 0.0514. The number of hydrogen-bond donors (Lipinski definition) is 0. The first kappa shape index (κ1) is 8.80. The average molecular weight is 159 g/mol. The minimum Gasteiger partial charge on any atom is -0.198 e. The first-order chi connectivity index (χ1) is 5.70. The van der Waals surface area contributed by atoms with Gasteiger partial charge in [-0.2, -0.15) is 5.26 Å². The molecule has 0 heterocycles. The molecule has 1 heteroatoms. The van der Waals surface area contributed by atoms with E-state index in [0.717, 1.165) is 18.4 Å². The molecule has 0 amide bonds. The summed E-state index contributed by atoms with van der Waals surface area (Å²) in [5.41, 5.74) is 3.53. The molecule has 0 aromatic rings. The summed E-state index contributed by atoms with van der Waals surface area (Å²) in [6.07, 6.45) is 3.48. The van der Waals surface area contributed by atoms with Gasteiger partial charge >= 0.3 is 0 Å². The predicted molar refractivity (Wildman–Crippen MR) is 50.4 cm³/mol. The Kier molecular flexibility index (Phi) is 2.50. The van der Waals surface area contributed by atoms with Crippen LogP contribution < -0.4 is 0 Å². The summed E-state index contributed by atoms with van der Waals surface area (Å²) < 4.78 is 0. The molecule has 62 valence electrons. The van der Waals surface area contributed by atoms with Crippen molar-refractivity contribution in [2.45, 2.75) is 19.8 Å². The van der Waals surface area contributed by atoms with E-state index in [0.29, 0.717) is 0 Å². The second-order valence-corrected chi connectivity index (χ2v) is 3.13. The van der Waals surface area contributed by atoms with Gasteiger partial charge in [-0.25, -0.2) is 0 Å². The Hall–Kier alpha value is -1.29. The van der Waals surface area contributed by atoms with Crippen molar-refractivity contribution in [2.24, 2.45) is 5.92 Å². The summed E-state index contributed by atoms with van der Waals surface area (Å²) in [5, 5.41) is 8.84. The van der Waals surface area contributed by atoms with E-state index in [4.69, 9.17) is 5.26 Å². The molecule has 0 bridgehead atoms. The molecule has 0 saturated heterocycles. The third-order valence-corrected chi connectivity index (χ3v) is 2.40. The molecule has 1 aliphatic rings. The van der Waals surface area contributed by atoms with Crippen molar-refractivity contribution < 1.29 is 0 Å². The van der Waals surface area contributed by atoms with Crippen molar-refractivity contribution in [3.05, 3.63) is 36.0 Å². The molecule has 1 rings (SSSR count). The summed E-state index contributed by atoms with van der Waals surface area (Å²) in [5.74, 6) is 0.0514. The molecule has 12 heavy (non-hydrogen) atoms. The highest BCUT2D eigenvalue weighted by Crippen LogP contribution is 2.36. The molecule has 0 spiro atoms. The van der Waals surface area contributed by atoms with Crippen LogP contribution in [0.5, 0.6) is 0 Å². The second kappa shape index (κ2) is 3.40. The van der Waals surface area contributed by atoms with Crippen molar-refractivity contribution in [1.82, 2.24) is 0 Å². The van der Waals surface area contributed by atoms with E-state index in [1.165, 1.54) is 11.1 Å². The van der Waals surface area contributed by atoms with Gasteiger partial charge in [-0.1, -0.05) is 18.2 Å². The van der Waals surface area contributed by atoms with Gasteiger partial charge in [0.2, 0.25) is 0 Å². The molecule has 0 N–H and O–H groups in total. The lowest BCUT2D eigenvalue weighted by atomic mass is 10.00.